The first-order valence-electron chi connectivity index (χ1n) is 3.57. The summed E-state index contributed by atoms with van der Waals surface area (Å²) in [6.45, 7) is 2.08. The average molecular weight is 143 g/mol. The lowest BCUT2D eigenvalue weighted by molar-refractivity contribution is -0.125. The number of ketones is 1. The van der Waals surface area contributed by atoms with Gasteiger partial charge in [-0.05, 0) is 13.0 Å². The molecule has 0 radical (unpaired) electrons. The lowest BCUT2D eigenvalue weighted by Crippen LogP contribution is -2.21. The van der Waals surface area contributed by atoms with Crippen LogP contribution in [-0.2, 0) is 9.53 Å². The van der Waals surface area contributed by atoms with Crippen molar-refractivity contribution in [2.24, 2.45) is 5.92 Å². The molecule has 1 unspecified atom stereocenters. The largest absolute Gasteiger partial charge is 0.377 e. The predicted octanol–water partition coefficient (Wildman–Crippen LogP) is -0.189. The van der Waals surface area contributed by atoms with Crippen molar-refractivity contribution in [3.05, 3.63) is 0 Å². The molecule has 1 fully saturated rings. The van der Waals surface area contributed by atoms with E-state index in [0.29, 0.717) is 0 Å². The Balaban J connectivity index is 2.25. The summed E-state index contributed by atoms with van der Waals surface area (Å²) in [5, 5.41) is 3.14. The maximum Gasteiger partial charge on any atom is 0.162 e. The van der Waals surface area contributed by atoms with Crippen LogP contribution in [0.1, 0.15) is 6.42 Å². The van der Waals surface area contributed by atoms with Crippen molar-refractivity contribution in [1.29, 1.82) is 0 Å². The molecule has 0 saturated carbocycles. The van der Waals surface area contributed by atoms with Crippen molar-refractivity contribution >= 4 is 5.78 Å². The van der Waals surface area contributed by atoms with Gasteiger partial charge in [-0.3, -0.25) is 4.79 Å². The fraction of sp³-hybridized carbons (Fsp3) is 0.857. The number of carbonyl (C=O) groups is 1. The van der Waals surface area contributed by atoms with E-state index in [-0.39, 0.29) is 18.3 Å². The third-order valence-corrected chi connectivity index (χ3v) is 1.80. The number of nitrogens with one attached hydrogen (secondary N) is 1. The van der Waals surface area contributed by atoms with Crippen LogP contribution in [0, 0.1) is 5.92 Å². The molecule has 10 heavy (non-hydrogen) atoms. The monoisotopic (exact) mass is 143 g/mol. The van der Waals surface area contributed by atoms with Crippen molar-refractivity contribution in [2.45, 2.75) is 6.42 Å². The zero-order valence-corrected chi connectivity index (χ0v) is 6.22. The van der Waals surface area contributed by atoms with Gasteiger partial charge in [0, 0.05) is 19.6 Å². The van der Waals surface area contributed by atoms with Gasteiger partial charge in [0.1, 0.15) is 6.61 Å². The van der Waals surface area contributed by atoms with Crippen LogP contribution in [0.5, 0.6) is 0 Å². The molecule has 1 saturated heterocycles. The van der Waals surface area contributed by atoms with Gasteiger partial charge in [-0.1, -0.05) is 0 Å². The van der Waals surface area contributed by atoms with Crippen molar-refractivity contribution in [1.82, 2.24) is 5.32 Å². The second kappa shape index (κ2) is 3.68. The summed E-state index contributed by atoms with van der Waals surface area (Å²) in [4.78, 5) is 11.1. The van der Waals surface area contributed by atoms with Crippen LogP contribution in [0.15, 0.2) is 0 Å². The molecule has 0 aromatic rings. The predicted molar refractivity (Wildman–Crippen MR) is 37.9 cm³/mol. The van der Waals surface area contributed by atoms with Gasteiger partial charge in [0.2, 0.25) is 0 Å². The Morgan fingerprint density at radius 2 is 2.60 bits per heavy atom. The van der Waals surface area contributed by atoms with E-state index in [1.54, 1.807) is 7.11 Å². The van der Waals surface area contributed by atoms with Gasteiger partial charge in [0.05, 0.1) is 0 Å². The molecule has 0 spiro atoms. The third-order valence-electron chi connectivity index (χ3n) is 1.80. The molecule has 1 N–H and O–H groups in total. The Bertz CT molecular complexity index is 119. The molecule has 3 heteroatoms. The molecule has 1 rings (SSSR count). The first-order chi connectivity index (χ1) is 4.84. The van der Waals surface area contributed by atoms with E-state index in [9.17, 15) is 4.79 Å². The summed E-state index contributed by atoms with van der Waals surface area (Å²) in [5.74, 6) is 0.437. The van der Waals surface area contributed by atoms with Gasteiger partial charge in [-0.15, -0.1) is 0 Å². The number of methoxy groups -OCH3 is 1. The molecule has 1 aliphatic rings. The van der Waals surface area contributed by atoms with Crippen molar-refractivity contribution < 1.29 is 9.53 Å². The average Bonchev–Trinajstić information content (AvgIpc) is 2.38. The fourth-order valence-electron chi connectivity index (χ4n) is 1.19. The van der Waals surface area contributed by atoms with Crippen molar-refractivity contribution in [2.75, 3.05) is 26.8 Å². The standard InChI is InChI=1S/C7H13NO2/c1-10-5-7(9)6-2-3-8-4-6/h6,8H,2-5H2,1H3. The highest BCUT2D eigenvalue weighted by molar-refractivity contribution is 5.82. The molecule has 0 amide bonds. The van der Waals surface area contributed by atoms with Crippen LogP contribution in [0.25, 0.3) is 0 Å². The Labute approximate surface area is 60.7 Å². The SMILES string of the molecule is COCC(=O)C1CCNC1. The second-order valence-electron chi connectivity index (χ2n) is 2.59. The summed E-state index contributed by atoms with van der Waals surface area (Å²) in [6, 6.07) is 0. The highest BCUT2D eigenvalue weighted by Gasteiger charge is 2.21. The lowest BCUT2D eigenvalue weighted by atomic mass is 10.0. The van der Waals surface area contributed by atoms with Gasteiger partial charge < -0.3 is 10.1 Å². The molecular weight excluding hydrogens is 130 g/mol. The molecule has 0 aromatic heterocycles. The van der Waals surface area contributed by atoms with Crippen LogP contribution in [0.2, 0.25) is 0 Å². The molecule has 3 nitrogen and oxygen atoms in total. The zero-order chi connectivity index (χ0) is 7.40. The van der Waals surface area contributed by atoms with Gasteiger partial charge >= 0.3 is 0 Å². The van der Waals surface area contributed by atoms with Crippen molar-refractivity contribution in [3.63, 3.8) is 0 Å². The van der Waals surface area contributed by atoms with Crippen LogP contribution in [-0.4, -0.2) is 32.6 Å². The summed E-state index contributed by atoms with van der Waals surface area (Å²) in [7, 11) is 1.56. The first-order valence-corrected chi connectivity index (χ1v) is 3.57. The summed E-state index contributed by atoms with van der Waals surface area (Å²) < 4.78 is 4.74. The molecule has 58 valence electrons. The van der Waals surface area contributed by atoms with E-state index in [0.717, 1.165) is 19.5 Å². The molecule has 1 atom stereocenters. The fourth-order valence-corrected chi connectivity index (χ4v) is 1.19. The van der Waals surface area contributed by atoms with Gasteiger partial charge in [0.25, 0.3) is 0 Å². The van der Waals surface area contributed by atoms with Crippen molar-refractivity contribution in [3.8, 4) is 0 Å². The molecule has 1 heterocycles. The Morgan fingerprint density at radius 1 is 1.80 bits per heavy atom. The smallest absolute Gasteiger partial charge is 0.162 e. The Morgan fingerprint density at radius 3 is 3.10 bits per heavy atom. The van der Waals surface area contributed by atoms with E-state index in [2.05, 4.69) is 5.32 Å². The third kappa shape index (κ3) is 1.78. The van der Waals surface area contributed by atoms with E-state index in [1.165, 1.54) is 0 Å². The second-order valence-corrected chi connectivity index (χ2v) is 2.59. The normalized spacial score (nSPS) is 25.1. The Kier molecular flexibility index (Phi) is 2.83. The number of rotatable bonds is 3. The van der Waals surface area contributed by atoms with Crippen LogP contribution in [0.4, 0.5) is 0 Å². The maximum atomic E-state index is 11.1. The van der Waals surface area contributed by atoms with Crippen LogP contribution >= 0.6 is 0 Å². The quantitative estimate of drug-likeness (QED) is 0.595. The van der Waals surface area contributed by atoms with Gasteiger partial charge in [-0.2, -0.15) is 0 Å². The summed E-state index contributed by atoms with van der Waals surface area (Å²) >= 11 is 0. The molecule has 0 aliphatic carbocycles. The lowest BCUT2D eigenvalue weighted by Gasteiger charge is -2.04. The topological polar surface area (TPSA) is 38.3 Å². The maximum absolute atomic E-state index is 11.1. The molecule has 0 bridgehead atoms. The van der Waals surface area contributed by atoms with E-state index >= 15 is 0 Å². The summed E-state index contributed by atoms with van der Waals surface area (Å²) in [6.07, 6.45) is 0.974. The highest BCUT2D eigenvalue weighted by atomic mass is 16.5. The van der Waals surface area contributed by atoms with E-state index < -0.39 is 0 Å². The molecular formula is C7H13NO2. The minimum absolute atomic E-state index is 0.208. The number of carbonyl (C=O) groups excluding carboxylic acids is 1. The van der Waals surface area contributed by atoms with Crippen LogP contribution < -0.4 is 5.32 Å². The van der Waals surface area contributed by atoms with E-state index in [1.807, 2.05) is 0 Å². The number of Topliss-reactive ketones (excluding diaryl/α,β-unsaturated/α-hetero) is 1. The Hall–Kier alpha value is -0.410. The number of hydrogen-bond donors (Lipinski definition) is 1. The van der Waals surface area contributed by atoms with Gasteiger partial charge in [-0.25, -0.2) is 0 Å². The van der Waals surface area contributed by atoms with Crippen LogP contribution in [0.3, 0.4) is 0 Å². The minimum Gasteiger partial charge on any atom is -0.377 e. The zero-order valence-electron chi connectivity index (χ0n) is 6.22. The first kappa shape index (κ1) is 7.69. The van der Waals surface area contributed by atoms with Gasteiger partial charge in [0.15, 0.2) is 5.78 Å². The molecule has 0 aromatic carbocycles. The molecule has 1 aliphatic heterocycles. The number of hydrogen-bond acceptors (Lipinski definition) is 3. The number of ether oxygens (including phenoxy) is 1. The van der Waals surface area contributed by atoms with E-state index in [4.69, 9.17) is 4.74 Å². The highest BCUT2D eigenvalue weighted by Crippen LogP contribution is 2.08. The minimum atomic E-state index is 0.208. The summed E-state index contributed by atoms with van der Waals surface area (Å²) in [5.41, 5.74) is 0.